The minimum Gasteiger partial charge on any atom is -0.373 e. The maximum absolute atomic E-state index is 12.8. The molecule has 0 aromatic rings. The molecule has 0 aliphatic heterocycles. The number of aliphatic hydroxyl groups is 1. The summed E-state index contributed by atoms with van der Waals surface area (Å²) >= 11 is 0. The molecule has 2 saturated carbocycles. The molecule has 0 spiro atoms. The first-order valence-electron chi connectivity index (χ1n) is 6.84. The zero-order valence-electron chi connectivity index (χ0n) is 11.1. The van der Waals surface area contributed by atoms with Gasteiger partial charge in [0.2, 0.25) is 0 Å². The van der Waals surface area contributed by atoms with Crippen LogP contribution in [0.1, 0.15) is 38.5 Å². The molecule has 3 atom stereocenters. The van der Waals surface area contributed by atoms with Gasteiger partial charge in [0.25, 0.3) is 5.60 Å². The Morgan fingerprint density at radius 3 is 2.00 bits per heavy atom. The highest BCUT2D eigenvalue weighted by Crippen LogP contribution is 2.54. The summed E-state index contributed by atoms with van der Waals surface area (Å²) in [6.07, 6.45) is -11.2. The molecule has 2 nitrogen and oxygen atoms in total. The van der Waals surface area contributed by atoms with Crippen molar-refractivity contribution in [3.05, 3.63) is 0 Å². The predicted molar refractivity (Wildman–Crippen MR) is 60.2 cm³/mol. The van der Waals surface area contributed by atoms with Gasteiger partial charge in [0, 0.05) is 18.8 Å². The Labute approximate surface area is 117 Å². The largest absolute Gasteiger partial charge is 0.426 e. The number of halogens is 6. The summed E-state index contributed by atoms with van der Waals surface area (Å²) in [7, 11) is 0. The fraction of sp³-hybridized carbons (Fsp3) is 0.923. The van der Waals surface area contributed by atoms with Crippen molar-refractivity contribution >= 4 is 5.78 Å². The number of alkyl halides is 6. The van der Waals surface area contributed by atoms with Crippen LogP contribution in [0.15, 0.2) is 0 Å². The van der Waals surface area contributed by atoms with E-state index in [1.807, 2.05) is 0 Å². The van der Waals surface area contributed by atoms with Gasteiger partial charge in [0.1, 0.15) is 5.78 Å². The Morgan fingerprint density at radius 2 is 1.48 bits per heavy atom. The molecular formula is C13H16F6O2. The molecule has 3 unspecified atom stereocenters. The van der Waals surface area contributed by atoms with Crippen molar-refractivity contribution in [3.63, 3.8) is 0 Å². The first-order chi connectivity index (χ1) is 9.47. The fourth-order valence-electron chi connectivity index (χ4n) is 3.70. The highest BCUT2D eigenvalue weighted by Gasteiger charge is 2.73. The molecule has 122 valence electrons. The lowest BCUT2D eigenvalue weighted by molar-refractivity contribution is -0.388. The number of rotatable bonds is 1. The SMILES string of the molecule is O=C1CCC2CCC(C(O)(C(F)(F)F)C(F)(F)F)CC2C1. The zero-order valence-corrected chi connectivity index (χ0v) is 11.1. The van der Waals surface area contributed by atoms with Crippen LogP contribution in [0.4, 0.5) is 26.3 Å². The van der Waals surface area contributed by atoms with Gasteiger partial charge >= 0.3 is 12.4 Å². The summed E-state index contributed by atoms with van der Waals surface area (Å²) in [6.45, 7) is 0. The quantitative estimate of drug-likeness (QED) is 0.750. The molecule has 2 fully saturated rings. The Bertz CT molecular complexity index is 400. The molecule has 0 amide bonds. The molecule has 21 heavy (non-hydrogen) atoms. The molecule has 2 aliphatic rings. The predicted octanol–water partition coefficient (Wildman–Crippen LogP) is 3.63. The van der Waals surface area contributed by atoms with Crippen LogP contribution >= 0.6 is 0 Å². The molecular weight excluding hydrogens is 302 g/mol. The fourth-order valence-corrected chi connectivity index (χ4v) is 3.70. The van der Waals surface area contributed by atoms with Gasteiger partial charge in [0.15, 0.2) is 0 Å². The van der Waals surface area contributed by atoms with Gasteiger partial charge < -0.3 is 5.11 Å². The van der Waals surface area contributed by atoms with Crippen molar-refractivity contribution in [1.82, 2.24) is 0 Å². The van der Waals surface area contributed by atoms with Crippen molar-refractivity contribution in [2.75, 3.05) is 0 Å². The van der Waals surface area contributed by atoms with Crippen molar-refractivity contribution in [3.8, 4) is 0 Å². The molecule has 0 aromatic carbocycles. The van der Waals surface area contributed by atoms with Gasteiger partial charge in [-0.1, -0.05) is 0 Å². The standard InChI is InChI=1S/C13H16F6O2/c14-12(15,16)11(21,13(17,18)19)9-3-1-7-2-4-10(20)6-8(7)5-9/h7-9,21H,1-6H2. The van der Waals surface area contributed by atoms with E-state index in [0.717, 1.165) is 0 Å². The molecule has 0 heterocycles. The second-order valence-corrected chi connectivity index (χ2v) is 6.07. The first kappa shape index (κ1) is 16.6. The molecule has 8 heteroatoms. The van der Waals surface area contributed by atoms with Crippen LogP contribution in [0, 0.1) is 17.8 Å². The summed E-state index contributed by atoms with van der Waals surface area (Å²) < 4.78 is 77.1. The Kier molecular flexibility index (Phi) is 4.06. The van der Waals surface area contributed by atoms with Crippen LogP contribution in [-0.4, -0.2) is 28.8 Å². The van der Waals surface area contributed by atoms with Crippen LogP contribution in [0.3, 0.4) is 0 Å². The second-order valence-electron chi connectivity index (χ2n) is 6.07. The number of Topliss-reactive ketones (excluding diaryl/α,β-unsaturated/α-hetero) is 1. The Hall–Kier alpha value is -0.790. The van der Waals surface area contributed by atoms with Crippen molar-refractivity contribution < 1.29 is 36.2 Å². The number of hydrogen-bond acceptors (Lipinski definition) is 2. The van der Waals surface area contributed by atoms with E-state index < -0.39 is 36.2 Å². The van der Waals surface area contributed by atoms with E-state index in [1.165, 1.54) is 0 Å². The molecule has 1 N–H and O–H groups in total. The van der Waals surface area contributed by atoms with Gasteiger partial charge in [-0.05, 0) is 37.5 Å². The normalized spacial score (nSPS) is 32.0. The van der Waals surface area contributed by atoms with Gasteiger partial charge in [-0.2, -0.15) is 26.3 Å². The lowest BCUT2D eigenvalue weighted by atomic mass is 9.63. The van der Waals surface area contributed by atoms with Gasteiger partial charge in [-0.3, -0.25) is 4.79 Å². The maximum Gasteiger partial charge on any atom is 0.426 e. The molecule has 0 aromatic heterocycles. The molecule has 0 radical (unpaired) electrons. The highest BCUT2D eigenvalue weighted by molar-refractivity contribution is 5.79. The van der Waals surface area contributed by atoms with Crippen LogP contribution in [0.5, 0.6) is 0 Å². The minimum absolute atomic E-state index is 0.00957. The molecule has 2 rings (SSSR count). The lowest BCUT2D eigenvalue weighted by Crippen LogP contribution is -2.62. The maximum atomic E-state index is 12.8. The van der Waals surface area contributed by atoms with E-state index in [-0.39, 0.29) is 31.0 Å². The first-order valence-corrected chi connectivity index (χ1v) is 6.84. The smallest absolute Gasteiger partial charge is 0.373 e. The van der Waals surface area contributed by atoms with E-state index in [9.17, 15) is 36.2 Å². The number of hydrogen-bond donors (Lipinski definition) is 1. The number of ketones is 1. The number of fused-ring (bicyclic) bond motifs is 1. The van der Waals surface area contributed by atoms with E-state index in [2.05, 4.69) is 0 Å². The third kappa shape index (κ3) is 2.78. The third-order valence-electron chi connectivity index (χ3n) is 4.88. The topological polar surface area (TPSA) is 37.3 Å². The molecule has 2 aliphatic carbocycles. The summed E-state index contributed by atoms with van der Waals surface area (Å²) in [4.78, 5) is 11.4. The summed E-state index contributed by atoms with van der Waals surface area (Å²) in [5.74, 6) is -2.56. The average Bonchev–Trinajstić information content (AvgIpc) is 2.34. The minimum atomic E-state index is -5.78. The van der Waals surface area contributed by atoms with E-state index in [1.54, 1.807) is 0 Å². The monoisotopic (exact) mass is 318 g/mol. The number of carbonyl (C=O) groups excluding carboxylic acids is 1. The van der Waals surface area contributed by atoms with Gasteiger partial charge in [-0.15, -0.1) is 0 Å². The molecule has 0 bridgehead atoms. The Balaban J connectivity index is 2.25. The van der Waals surface area contributed by atoms with Crippen LogP contribution in [0.25, 0.3) is 0 Å². The summed E-state index contributed by atoms with van der Waals surface area (Å²) in [5, 5.41) is 9.43. The zero-order chi connectivity index (χ0) is 16.1. The van der Waals surface area contributed by atoms with Crippen LogP contribution in [0.2, 0.25) is 0 Å². The Morgan fingerprint density at radius 1 is 0.905 bits per heavy atom. The van der Waals surface area contributed by atoms with E-state index in [4.69, 9.17) is 0 Å². The summed E-state index contributed by atoms with van der Waals surface area (Å²) in [5.41, 5.74) is -4.69. The van der Waals surface area contributed by atoms with E-state index in [0.29, 0.717) is 12.8 Å². The second kappa shape index (κ2) is 5.14. The lowest BCUT2D eigenvalue weighted by Gasteiger charge is -2.45. The van der Waals surface area contributed by atoms with Crippen LogP contribution in [-0.2, 0) is 4.79 Å². The summed E-state index contributed by atoms with van der Waals surface area (Å²) in [6, 6.07) is 0. The van der Waals surface area contributed by atoms with Gasteiger partial charge in [0.05, 0.1) is 0 Å². The molecule has 0 saturated heterocycles. The van der Waals surface area contributed by atoms with Crippen molar-refractivity contribution in [2.45, 2.75) is 56.5 Å². The van der Waals surface area contributed by atoms with Crippen molar-refractivity contribution in [2.24, 2.45) is 17.8 Å². The van der Waals surface area contributed by atoms with Crippen LogP contribution < -0.4 is 0 Å². The average molecular weight is 318 g/mol. The van der Waals surface area contributed by atoms with Crippen molar-refractivity contribution in [1.29, 1.82) is 0 Å². The van der Waals surface area contributed by atoms with E-state index >= 15 is 0 Å². The third-order valence-corrected chi connectivity index (χ3v) is 4.88. The highest BCUT2D eigenvalue weighted by atomic mass is 19.4. The number of carbonyl (C=O) groups is 1. The van der Waals surface area contributed by atoms with Gasteiger partial charge in [-0.25, -0.2) is 0 Å².